The van der Waals surface area contributed by atoms with E-state index < -0.39 is 0 Å². The van der Waals surface area contributed by atoms with Gasteiger partial charge in [-0.1, -0.05) is 437 Å². The van der Waals surface area contributed by atoms with E-state index in [1.807, 2.05) is 0 Å². The number of hydrogen-bond acceptors (Lipinski definition) is 0. The van der Waals surface area contributed by atoms with Gasteiger partial charge in [0.15, 0.2) is 0 Å². The average Bonchev–Trinajstić information content (AvgIpc) is 0.696. The van der Waals surface area contributed by atoms with Crippen LogP contribution in [0.25, 0.3) is 200 Å². The minimum atomic E-state index is 1.10. The summed E-state index contributed by atoms with van der Waals surface area (Å²) in [7, 11) is 0. The number of hydrogen-bond donors (Lipinski definition) is 0. The quantitative estimate of drug-likeness (QED) is 0.0846. The summed E-state index contributed by atoms with van der Waals surface area (Å²) in [5.74, 6) is 0. The minimum Gasteiger partial charge on any atom is -0.0622 e. The molecule has 110 heavy (non-hydrogen) atoms. The molecule has 19 rings (SSSR count). The molecule has 0 N–H and O–H groups in total. The fourth-order valence-electron chi connectivity index (χ4n) is 17.2. The fraction of sp³-hybridized carbons (Fsp3) is 0. The maximum atomic E-state index is 2.58. The lowest BCUT2D eigenvalue weighted by Crippen LogP contribution is -2.05. The van der Waals surface area contributed by atoms with Gasteiger partial charge >= 0.3 is 0 Å². The first kappa shape index (κ1) is 66.4. The highest BCUT2D eigenvalue weighted by atomic mass is 14.4. The van der Waals surface area contributed by atoms with Gasteiger partial charge < -0.3 is 0 Å². The van der Waals surface area contributed by atoms with Gasteiger partial charge in [-0.15, -0.1) is 0 Å². The van der Waals surface area contributed by atoms with E-state index in [0.717, 1.165) is 200 Å². The summed E-state index contributed by atoms with van der Waals surface area (Å²) in [4.78, 5) is 0. The second-order valence-corrected chi connectivity index (χ2v) is 28.3. The lowest BCUT2D eigenvalue weighted by atomic mass is 9.70. The first-order valence-corrected chi connectivity index (χ1v) is 38.1. The Kier molecular flexibility index (Phi) is 17.8. The number of fused-ring (bicyclic) bond motifs is 2. The molecule has 0 aromatic heterocycles. The molecule has 0 fully saturated rings. The highest BCUT2D eigenvalue weighted by molar-refractivity contribution is 6.31. The van der Waals surface area contributed by atoms with Crippen molar-refractivity contribution in [2.45, 2.75) is 0 Å². The van der Waals surface area contributed by atoms with E-state index in [0.29, 0.717) is 0 Å². The third kappa shape index (κ3) is 12.1. The van der Waals surface area contributed by atoms with Crippen molar-refractivity contribution >= 4 is 21.5 Å². The Morgan fingerprint density at radius 2 is 0.227 bits per heavy atom. The van der Waals surface area contributed by atoms with Crippen molar-refractivity contribution in [3.63, 3.8) is 0 Å². The van der Waals surface area contributed by atoms with Crippen LogP contribution in [0.3, 0.4) is 0 Å². The highest BCUT2D eigenvalue weighted by Gasteiger charge is 2.35. The van der Waals surface area contributed by atoms with E-state index >= 15 is 0 Å². The van der Waals surface area contributed by atoms with Crippen LogP contribution < -0.4 is 0 Å². The summed E-state index contributed by atoms with van der Waals surface area (Å²) in [6.07, 6.45) is 0. The van der Waals surface area contributed by atoms with E-state index in [9.17, 15) is 0 Å². The standard InChI is InChI=1S/C110H74/c1-13-41-75(42-14-1)89-65-37-39-67-91(89)87-69-71-93-95(73-87)107(109-103(83-57-29-9-30-58-83)99(79-49-21-5-22-50-79)97(77-45-17-3-18-46-77)100(80-51-23-6-24-52-80)104(109)84-59-31-10-32-60-84)94-72-70-88(92-68-40-38-66-90(92)76-43-15-2-16-44-76)74-96(94)108(93)110-105(85-61-33-11-34-62-85)101(81-53-25-7-26-54-81)98(78-47-19-4-20-48-78)102(82-55-27-8-28-56-82)106(110)86-63-35-12-36-64-86/h1-74H. The normalized spacial score (nSPS) is 11.3. The largest absolute Gasteiger partial charge is 0.0622 e. The number of rotatable bonds is 16. The predicted molar refractivity (Wildman–Crippen MR) is 468 cm³/mol. The van der Waals surface area contributed by atoms with Crippen molar-refractivity contribution < 1.29 is 0 Å². The molecule has 0 radical (unpaired) electrons. The minimum absolute atomic E-state index is 1.10. The van der Waals surface area contributed by atoms with Crippen molar-refractivity contribution in [2.24, 2.45) is 0 Å². The van der Waals surface area contributed by atoms with E-state index in [2.05, 4.69) is 449 Å². The van der Waals surface area contributed by atoms with Gasteiger partial charge in [0.05, 0.1) is 0 Å². The molecule has 0 aliphatic rings. The van der Waals surface area contributed by atoms with Crippen LogP contribution in [-0.4, -0.2) is 0 Å². The zero-order chi connectivity index (χ0) is 73.1. The molecule has 0 saturated heterocycles. The van der Waals surface area contributed by atoms with Crippen molar-refractivity contribution in [1.29, 1.82) is 0 Å². The second kappa shape index (κ2) is 29.6. The van der Waals surface area contributed by atoms with Crippen molar-refractivity contribution in [2.75, 3.05) is 0 Å². The molecule has 514 valence electrons. The van der Waals surface area contributed by atoms with Crippen LogP contribution in [0.1, 0.15) is 0 Å². The molecule has 0 bridgehead atoms. The summed E-state index contributed by atoms with van der Waals surface area (Å²) >= 11 is 0. The van der Waals surface area contributed by atoms with Gasteiger partial charge in [-0.25, -0.2) is 0 Å². The summed E-state index contributed by atoms with van der Waals surface area (Å²) in [6, 6.07) is 167. The average molecular weight is 1400 g/mol. The topological polar surface area (TPSA) is 0 Å². The maximum Gasteiger partial charge on any atom is -0.000138 e. The summed E-state index contributed by atoms with van der Waals surface area (Å²) in [6.45, 7) is 0. The molecule has 0 unspecified atom stereocenters. The first-order valence-electron chi connectivity index (χ1n) is 38.1. The van der Waals surface area contributed by atoms with Crippen molar-refractivity contribution in [1.82, 2.24) is 0 Å². The Morgan fingerprint density at radius 1 is 0.0818 bits per heavy atom. The Labute approximate surface area is 644 Å². The smallest absolute Gasteiger partial charge is 0.000138 e. The summed E-state index contributed by atoms with van der Waals surface area (Å²) in [5, 5.41) is 4.43. The summed E-state index contributed by atoms with van der Waals surface area (Å²) < 4.78 is 0. The molecule has 0 aliphatic carbocycles. The van der Waals surface area contributed by atoms with Crippen LogP contribution in [0.2, 0.25) is 0 Å². The fourth-order valence-corrected chi connectivity index (χ4v) is 17.2. The molecule has 19 aromatic carbocycles. The predicted octanol–water partition coefficient (Wildman–Crippen LogP) is 30.7. The SMILES string of the molecule is c1ccc(-c2ccccc2-c2ccc3c(-c4c(-c5ccccc5)c(-c5ccccc5)c(-c5ccccc5)c(-c5ccccc5)c4-c4ccccc4)c4cc(-c5ccccc5-c5ccccc5)ccc4c(-c4c(-c5ccccc5)c(-c5ccccc5)c(-c5ccccc5)c(-c5ccccc5)c4-c4ccccc4)c3c2)cc1. The van der Waals surface area contributed by atoms with Gasteiger partial charge in [0.2, 0.25) is 0 Å². The molecule has 0 saturated carbocycles. The Morgan fingerprint density at radius 3 is 0.409 bits per heavy atom. The van der Waals surface area contributed by atoms with E-state index in [-0.39, 0.29) is 0 Å². The van der Waals surface area contributed by atoms with Crippen LogP contribution >= 0.6 is 0 Å². The van der Waals surface area contributed by atoms with Crippen molar-refractivity contribution in [3.8, 4) is 178 Å². The van der Waals surface area contributed by atoms with Gasteiger partial charge in [0.25, 0.3) is 0 Å². The van der Waals surface area contributed by atoms with Crippen LogP contribution in [-0.2, 0) is 0 Å². The third-order valence-electron chi connectivity index (χ3n) is 21.9. The van der Waals surface area contributed by atoms with Crippen LogP contribution in [0.15, 0.2) is 449 Å². The molecule has 0 amide bonds. The second-order valence-electron chi connectivity index (χ2n) is 28.3. The molecule has 0 aliphatic heterocycles. The van der Waals surface area contributed by atoms with Gasteiger partial charge in [0.1, 0.15) is 0 Å². The molecule has 0 spiro atoms. The van der Waals surface area contributed by atoms with Gasteiger partial charge in [-0.3, -0.25) is 0 Å². The van der Waals surface area contributed by atoms with Crippen molar-refractivity contribution in [3.05, 3.63) is 449 Å². The molecule has 0 atom stereocenters. The van der Waals surface area contributed by atoms with Crippen LogP contribution in [0.5, 0.6) is 0 Å². The van der Waals surface area contributed by atoms with E-state index in [1.54, 1.807) is 0 Å². The van der Waals surface area contributed by atoms with Crippen LogP contribution in [0, 0.1) is 0 Å². The van der Waals surface area contributed by atoms with Gasteiger partial charge in [-0.05, 0) is 212 Å². The summed E-state index contributed by atoms with van der Waals surface area (Å²) in [5.41, 5.74) is 36.2. The molecule has 0 heteroatoms. The zero-order valence-electron chi connectivity index (χ0n) is 60.7. The molecular weight excluding hydrogens is 1320 g/mol. The van der Waals surface area contributed by atoms with Gasteiger partial charge in [0, 0.05) is 0 Å². The maximum absolute atomic E-state index is 2.58. The van der Waals surface area contributed by atoms with E-state index in [4.69, 9.17) is 0 Å². The molecular formula is C110H74. The molecule has 0 heterocycles. The van der Waals surface area contributed by atoms with E-state index in [1.165, 1.54) is 0 Å². The monoisotopic (exact) mass is 1390 g/mol. The number of benzene rings is 19. The molecule has 19 aromatic rings. The third-order valence-corrected chi connectivity index (χ3v) is 21.9. The zero-order valence-corrected chi connectivity index (χ0v) is 60.7. The Hall–Kier alpha value is -14.3. The lowest BCUT2D eigenvalue weighted by Gasteiger charge is -2.32. The Bertz CT molecular complexity index is 5900. The Balaban J connectivity index is 1.13. The van der Waals surface area contributed by atoms with Crippen LogP contribution in [0.4, 0.5) is 0 Å². The van der Waals surface area contributed by atoms with Gasteiger partial charge in [-0.2, -0.15) is 0 Å². The molecule has 0 nitrogen and oxygen atoms in total. The lowest BCUT2D eigenvalue weighted by molar-refractivity contribution is 1.52. The first-order chi connectivity index (χ1) is 54.7. The highest BCUT2D eigenvalue weighted by Crippen LogP contribution is 2.63.